The van der Waals surface area contributed by atoms with Gasteiger partial charge in [-0.2, -0.15) is 0 Å². The maximum Gasteiger partial charge on any atom is 0.161 e. The predicted molar refractivity (Wildman–Crippen MR) is 115 cm³/mol. The van der Waals surface area contributed by atoms with E-state index in [0.29, 0.717) is 0 Å². The number of methoxy groups -OCH3 is 2. The number of anilines is 1. The van der Waals surface area contributed by atoms with Gasteiger partial charge >= 0.3 is 0 Å². The van der Waals surface area contributed by atoms with Crippen LogP contribution in [0.3, 0.4) is 0 Å². The summed E-state index contributed by atoms with van der Waals surface area (Å²) in [4.78, 5) is 7.21. The molecule has 146 valence electrons. The molecule has 1 N–H and O–H groups in total. The number of likely N-dealkylation sites (N-methyl/N-ethyl adjacent to an activating group) is 1. The number of pyridine rings is 1. The molecule has 28 heavy (non-hydrogen) atoms. The molecule has 5 heteroatoms. The highest BCUT2D eigenvalue weighted by Crippen LogP contribution is 2.46. The fourth-order valence-corrected chi connectivity index (χ4v) is 3.90. The minimum atomic E-state index is 0.738. The molecule has 0 saturated heterocycles. The number of hydrogen-bond donors (Lipinski definition) is 1. The highest BCUT2D eigenvalue weighted by atomic mass is 16.5. The Labute approximate surface area is 166 Å². The van der Waals surface area contributed by atoms with Crippen LogP contribution in [0.25, 0.3) is 22.2 Å². The van der Waals surface area contributed by atoms with E-state index < -0.39 is 0 Å². The Balaban J connectivity index is 1.88. The predicted octanol–water partition coefficient (Wildman–Crippen LogP) is 4.11. The van der Waals surface area contributed by atoms with E-state index in [4.69, 9.17) is 14.5 Å². The molecule has 0 aliphatic heterocycles. The van der Waals surface area contributed by atoms with Crippen molar-refractivity contribution in [3.63, 3.8) is 0 Å². The third-order valence-electron chi connectivity index (χ3n) is 5.33. The monoisotopic (exact) mass is 377 g/mol. The zero-order chi connectivity index (χ0) is 19.8. The number of nitrogens with one attached hydrogen (secondary N) is 1. The van der Waals surface area contributed by atoms with Crippen LogP contribution in [0.2, 0.25) is 0 Å². The second-order valence-electron chi connectivity index (χ2n) is 7.61. The van der Waals surface area contributed by atoms with E-state index in [2.05, 4.69) is 61.6 Å². The molecular formula is C23H27N3O2. The van der Waals surface area contributed by atoms with Gasteiger partial charge in [0.15, 0.2) is 11.5 Å². The van der Waals surface area contributed by atoms with Crippen LogP contribution in [0.15, 0.2) is 30.3 Å². The van der Waals surface area contributed by atoms with Crippen LogP contribution in [0.5, 0.6) is 11.5 Å². The van der Waals surface area contributed by atoms with Crippen LogP contribution in [0, 0.1) is 6.92 Å². The molecule has 0 fully saturated rings. The zero-order valence-electron chi connectivity index (χ0n) is 17.2. The summed E-state index contributed by atoms with van der Waals surface area (Å²) in [7, 11) is 7.53. The summed E-state index contributed by atoms with van der Waals surface area (Å²) in [5.74, 6) is 1.50. The van der Waals surface area contributed by atoms with Gasteiger partial charge in [-0.1, -0.05) is 11.6 Å². The maximum absolute atomic E-state index is 5.53. The van der Waals surface area contributed by atoms with Crippen LogP contribution in [0.4, 0.5) is 5.69 Å². The van der Waals surface area contributed by atoms with Crippen molar-refractivity contribution in [3.05, 3.63) is 47.0 Å². The molecule has 0 spiro atoms. The van der Waals surface area contributed by atoms with Gasteiger partial charge in [0.1, 0.15) is 0 Å². The number of benzene rings is 2. The number of aromatic nitrogens is 1. The second-order valence-corrected chi connectivity index (χ2v) is 7.61. The first kappa shape index (κ1) is 18.6. The van der Waals surface area contributed by atoms with Crippen molar-refractivity contribution in [2.24, 2.45) is 0 Å². The van der Waals surface area contributed by atoms with Crippen molar-refractivity contribution < 1.29 is 9.47 Å². The molecule has 3 aromatic rings. The third kappa shape index (κ3) is 3.16. The van der Waals surface area contributed by atoms with Crippen LogP contribution < -0.4 is 14.8 Å². The summed E-state index contributed by atoms with van der Waals surface area (Å²) < 4.78 is 11.0. The molecule has 0 bridgehead atoms. The summed E-state index contributed by atoms with van der Waals surface area (Å²) in [6.07, 6.45) is 0.839. The summed E-state index contributed by atoms with van der Waals surface area (Å²) in [6, 6.07) is 10.6. The Morgan fingerprint density at radius 2 is 1.82 bits per heavy atom. The van der Waals surface area contributed by atoms with Crippen molar-refractivity contribution >= 4 is 16.6 Å². The molecule has 1 heterocycles. The number of fused-ring (bicyclic) bond motifs is 4. The molecule has 0 atom stereocenters. The molecule has 1 aliphatic carbocycles. The lowest BCUT2D eigenvalue weighted by molar-refractivity contribution is 0.355. The van der Waals surface area contributed by atoms with Crippen molar-refractivity contribution in [3.8, 4) is 22.8 Å². The van der Waals surface area contributed by atoms with Gasteiger partial charge in [-0.25, -0.2) is 4.98 Å². The topological polar surface area (TPSA) is 46.6 Å². The first-order valence-electron chi connectivity index (χ1n) is 9.59. The first-order chi connectivity index (χ1) is 13.5. The first-order valence-corrected chi connectivity index (χ1v) is 9.59. The van der Waals surface area contributed by atoms with E-state index in [0.717, 1.165) is 47.8 Å². The van der Waals surface area contributed by atoms with Gasteiger partial charge in [0.2, 0.25) is 0 Å². The third-order valence-corrected chi connectivity index (χ3v) is 5.33. The second kappa shape index (κ2) is 7.32. The van der Waals surface area contributed by atoms with Crippen LogP contribution in [-0.2, 0) is 6.42 Å². The molecule has 0 saturated carbocycles. The number of nitrogens with zero attached hydrogens (tertiary/aromatic N) is 2. The lowest BCUT2D eigenvalue weighted by atomic mass is 10.0. The Morgan fingerprint density at radius 3 is 2.54 bits per heavy atom. The summed E-state index contributed by atoms with van der Waals surface area (Å²) in [5, 5.41) is 4.88. The maximum atomic E-state index is 5.53. The van der Waals surface area contributed by atoms with E-state index >= 15 is 0 Å². The van der Waals surface area contributed by atoms with Crippen LogP contribution in [0.1, 0.15) is 16.7 Å². The molecule has 5 nitrogen and oxygen atoms in total. The SMILES string of the molecule is COc1cc2c(cc1OC)-c1nc3ccc(C)cc3c(NCCN(C)C)c1C2. The minimum absolute atomic E-state index is 0.738. The highest BCUT2D eigenvalue weighted by molar-refractivity contribution is 5.99. The zero-order valence-corrected chi connectivity index (χ0v) is 17.2. The number of rotatable bonds is 6. The highest BCUT2D eigenvalue weighted by Gasteiger charge is 2.27. The lowest BCUT2D eigenvalue weighted by Gasteiger charge is -2.17. The number of hydrogen-bond acceptors (Lipinski definition) is 5. The van der Waals surface area contributed by atoms with Crippen LogP contribution >= 0.6 is 0 Å². The van der Waals surface area contributed by atoms with E-state index in [1.807, 2.05) is 0 Å². The Bertz CT molecular complexity index is 1040. The Hall–Kier alpha value is -2.79. The normalized spacial score (nSPS) is 12.2. The van der Waals surface area contributed by atoms with E-state index in [1.165, 1.54) is 27.8 Å². The average Bonchev–Trinajstić information content (AvgIpc) is 3.03. The summed E-state index contributed by atoms with van der Waals surface area (Å²) >= 11 is 0. The molecule has 1 aliphatic rings. The fraction of sp³-hybridized carbons (Fsp3) is 0.348. The molecule has 0 unspecified atom stereocenters. The van der Waals surface area contributed by atoms with Gasteiger partial charge in [0.25, 0.3) is 0 Å². The van der Waals surface area contributed by atoms with Gasteiger partial charge < -0.3 is 19.7 Å². The molecule has 1 aromatic heterocycles. The van der Waals surface area contributed by atoms with Gasteiger partial charge in [-0.15, -0.1) is 0 Å². The number of aryl methyl sites for hydroxylation is 1. The van der Waals surface area contributed by atoms with Crippen molar-refractivity contribution in [2.75, 3.05) is 46.7 Å². The number of ether oxygens (including phenoxy) is 2. The van der Waals surface area contributed by atoms with Crippen LogP contribution in [-0.4, -0.2) is 51.3 Å². The fourth-order valence-electron chi connectivity index (χ4n) is 3.90. The van der Waals surface area contributed by atoms with Gasteiger partial charge in [-0.3, -0.25) is 0 Å². The van der Waals surface area contributed by atoms with Gasteiger partial charge in [-0.05, 0) is 50.8 Å². The standard InChI is InChI=1S/C23H27N3O2/c1-14-6-7-19-17(10-14)22(24-8-9-26(2)3)18-11-15-12-20(27-4)21(28-5)13-16(15)23(18)25-19/h6-7,10,12-13H,8-9,11H2,1-5H3,(H,24,25). The molecule has 0 amide bonds. The largest absolute Gasteiger partial charge is 0.493 e. The lowest BCUT2D eigenvalue weighted by Crippen LogP contribution is -2.21. The molecule has 4 rings (SSSR count). The van der Waals surface area contributed by atoms with Gasteiger partial charge in [0, 0.05) is 41.7 Å². The molecule has 2 aromatic carbocycles. The van der Waals surface area contributed by atoms with E-state index in [9.17, 15) is 0 Å². The van der Waals surface area contributed by atoms with E-state index in [1.54, 1.807) is 14.2 Å². The smallest absolute Gasteiger partial charge is 0.161 e. The van der Waals surface area contributed by atoms with Crippen molar-refractivity contribution in [1.29, 1.82) is 0 Å². The quantitative estimate of drug-likeness (QED) is 0.548. The van der Waals surface area contributed by atoms with Crippen molar-refractivity contribution in [1.82, 2.24) is 9.88 Å². The summed E-state index contributed by atoms with van der Waals surface area (Å²) in [6.45, 7) is 3.98. The van der Waals surface area contributed by atoms with E-state index in [-0.39, 0.29) is 0 Å². The summed E-state index contributed by atoms with van der Waals surface area (Å²) in [5.41, 5.74) is 8.10. The molecule has 0 radical (unpaired) electrons. The Kier molecular flexibility index (Phi) is 4.85. The molecular weight excluding hydrogens is 350 g/mol. The minimum Gasteiger partial charge on any atom is -0.493 e. The average molecular weight is 377 g/mol. The Morgan fingerprint density at radius 1 is 1.07 bits per heavy atom. The van der Waals surface area contributed by atoms with Crippen molar-refractivity contribution in [2.45, 2.75) is 13.3 Å². The van der Waals surface area contributed by atoms with Gasteiger partial charge in [0.05, 0.1) is 25.4 Å².